The second kappa shape index (κ2) is 15.6. The number of phenolic OH excluding ortho intramolecular Hbond substituents is 1. The number of rotatable bonds is 12. The van der Waals surface area contributed by atoms with Gasteiger partial charge in [-0.25, -0.2) is 9.59 Å². The molecule has 0 aromatic heterocycles. The molecule has 2 atom stereocenters. The number of guanidine groups is 1. The maximum absolute atomic E-state index is 13.8. The van der Waals surface area contributed by atoms with E-state index in [4.69, 9.17) is 20.6 Å². The second-order valence-electron chi connectivity index (χ2n) is 9.27. The van der Waals surface area contributed by atoms with Crippen LogP contribution in [0.1, 0.15) is 42.5 Å². The molecule has 3 aromatic carbocycles. The smallest absolute Gasteiger partial charge is 0.426 e. The van der Waals surface area contributed by atoms with Crippen LogP contribution in [0.2, 0.25) is 0 Å². The second-order valence-corrected chi connectivity index (χ2v) is 9.27. The summed E-state index contributed by atoms with van der Waals surface area (Å²) >= 11 is 0. The highest BCUT2D eigenvalue weighted by Crippen LogP contribution is 2.19. The Morgan fingerprint density at radius 1 is 0.878 bits per heavy atom. The van der Waals surface area contributed by atoms with Crippen molar-refractivity contribution in [3.8, 4) is 5.75 Å². The number of benzene rings is 3. The van der Waals surface area contributed by atoms with Gasteiger partial charge < -0.3 is 25.6 Å². The number of carbonyl (C=O) groups excluding carboxylic acids is 3. The summed E-state index contributed by atoms with van der Waals surface area (Å²) in [7, 11) is 0. The molecular weight excluding hydrogens is 526 g/mol. The number of carbonyl (C=O) groups is 3. The van der Waals surface area contributed by atoms with E-state index in [-0.39, 0.29) is 31.3 Å². The molecule has 0 spiro atoms. The normalized spacial score (nSPS) is 12.0. The number of hydrogen-bond donors (Lipinski definition) is 5. The third-order valence-electron chi connectivity index (χ3n) is 6.12. The Morgan fingerprint density at radius 2 is 1.39 bits per heavy atom. The molecule has 0 bridgehead atoms. The summed E-state index contributed by atoms with van der Waals surface area (Å²) in [6, 6.07) is 22.8. The lowest BCUT2D eigenvalue weighted by atomic mass is 10.0. The molecule has 6 N–H and O–H groups in total. The van der Waals surface area contributed by atoms with Gasteiger partial charge in [0.05, 0.1) is 6.04 Å². The van der Waals surface area contributed by atoms with Gasteiger partial charge in [-0.1, -0.05) is 72.8 Å². The number of nitrogens with one attached hydrogen (secondary N) is 3. The van der Waals surface area contributed by atoms with Crippen LogP contribution in [0.4, 0.5) is 9.59 Å². The van der Waals surface area contributed by atoms with E-state index < -0.39 is 30.2 Å². The fourth-order valence-corrected chi connectivity index (χ4v) is 3.95. The van der Waals surface area contributed by atoms with Crippen LogP contribution in [-0.4, -0.2) is 46.6 Å². The van der Waals surface area contributed by atoms with Gasteiger partial charge in [-0.2, -0.15) is 0 Å². The molecule has 0 aliphatic heterocycles. The zero-order valence-corrected chi connectivity index (χ0v) is 22.8. The monoisotopic (exact) mass is 561 g/mol. The largest absolute Gasteiger partial charge is 0.508 e. The van der Waals surface area contributed by atoms with E-state index in [1.807, 2.05) is 19.1 Å². The van der Waals surface area contributed by atoms with Gasteiger partial charge in [0.1, 0.15) is 19.0 Å². The number of imide groups is 3. The van der Waals surface area contributed by atoms with Crippen LogP contribution in [0.3, 0.4) is 0 Å². The van der Waals surface area contributed by atoms with Gasteiger partial charge in [0, 0.05) is 12.6 Å². The summed E-state index contributed by atoms with van der Waals surface area (Å²) in [5.41, 5.74) is 7.49. The first kappa shape index (κ1) is 30.6. The molecule has 1 unspecified atom stereocenters. The third kappa shape index (κ3) is 9.97. The Bertz CT molecular complexity index is 1230. The molecule has 0 heterocycles. The minimum atomic E-state index is -1.16. The van der Waals surface area contributed by atoms with Gasteiger partial charge in [-0.15, -0.1) is 4.90 Å². The van der Waals surface area contributed by atoms with Crippen molar-refractivity contribution in [2.45, 2.75) is 45.1 Å². The van der Waals surface area contributed by atoms with Gasteiger partial charge in [0.25, 0.3) is 5.91 Å². The quantitative estimate of drug-likeness (QED) is 0.124. The molecule has 3 aromatic rings. The van der Waals surface area contributed by atoms with Crippen molar-refractivity contribution in [1.82, 2.24) is 15.5 Å². The van der Waals surface area contributed by atoms with Gasteiger partial charge >= 0.3 is 12.2 Å². The Hall–Kier alpha value is -4.90. The first-order valence-electron chi connectivity index (χ1n) is 13.1. The highest BCUT2D eigenvalue weighted by atomic mass is 16.6. The van der Waals surface area contributed by atoms with Crippen LogP contribution in [0.25, 0.3) is 0 Å². The van der Waals surface area contributed by atoms with Crippen molar-refractivity contribution >= 4 is 24.1 Å². The van der Waals surface area contributed by atoms with Crippen molar-refractivity contribution in [2.75, 3.05) is 6.54 Å². The van der Waals surface area contributed by atoms with Crippen LogP contribution in [0.5, 0.6) is 5.75 Å². The van der Waals surface area contributed by atoms with Crippen molar-refractivity contribution in [2.24, 2.45) is 5.73 Å². The van der Waals surface area contributed by atoms with Crippen molar-refractivity contribution < 1.29 is 29.0 Å². The van der Waals surface area contributed by atoms with E-state index in [1.54, 1.807) is 60.7 Å². The molecule has 0 aliphatic carbocycles. The minimum Gasteiger partial charge on any atom is -0.508 e. The molecule has 41 heavy (non-hydrogen) atoms. The van der Waals surface area contributed by atoms with E-state index in [1.165, 1.54) is 12.1 Å². The fraction of sp³-hybridized carbons (Fsp3) is 0.267. The molecule has 0 fully saturated rings. The van der Waals surface area contributed by atoms with E-state index in [9.17, 15) is 19.5 Å². The molecule has 0 saturated carbocycles. The molecule has 0 saturated heterocycles. The lowest BCUT2D eigenvalue weighted by Crippen LogP contribution is -2.52. The van der Waals surface area contributed by atoms with Crippen molar-refractivity contribution in [3.63, 3.8) is 0 Å². The zero-order chi connectivity index (χ0) is 29.6. The average Bonchev–Trinajstić information content (AvgIpc) is 2.97. The van der Waals surface area contributed by atoms with Gasteiger partial charge in [0.2, 0.25) is 0 Å². The van der Waals surface area contributed by atoms with Crippen molar-refractivity contribution in [3.05, 3.63) is 102 Å². The number of nitrogens with zero attached hydrogens (tertiary/aromatic N) is 1. The topological polar surface area (TPSA) is 167 Å². The summed E-state index contributed by atoms with van der Waals surface area (Å²) in [4.78, 5) is 40.6. The number of nitrogens with two attached hydrogens (primary N) is 1. The number of ether oxygens (including phenoxy) is 2. The number of aromatic hydroxyl groups is 1. The Morgan fingerprint density at radius 3 is 1.88 bits per heavy atom. The maximum atomic E-state index is 13.8. The standard InChI is InChI=1S/C30H35N5O6/c1-21(24-14-16-25(36)17-15-24)34-26(13-8-18-33-28(31)32)27(37)35(29(38)40-19-22-9-4-2-5-10-22)30(39)41-20-23-11-6-3-7-12-23/h2-7,9-12,14-17,21,26,34,36H,8,13,18-20H2,1H3,(H4,31,32,33)/t21?,26-/m1/s1. The molecule has 11 heteroatoms. The van der Waals surface area contributed by atoms with Gasteiger partial charge in [-0.3, -0.25) is 15.5 Å². The molecule has 3 rings (SSSR count). The summed E-state index contributed by atoms with van der Waals surface area (Å²) in [6.07, 6.45) is -1.75. The summed E-state index contributed by atoms with van der Waals surface area (Å²) in [5, 5.41) is 22.9. The van der Waals surface area contributed by atoms with E-state index in [0.717, 1.165) is 5.56 Å². The molecule has 0 radical (unpaired) electrons. The van der Waals surface area contributed by atoms with Crippen LogP contribution in [0.15, 0.2) is 84.9 Å². The summed E-state index contributed by atoms with van der Waals surface area (Å²) in [6.45, 7) is 1.80. The first-order chi connectivity index (χ1) is 19.7. The number of amides is 3. The van der Waals surface area contributed by atoms with Crippen LogP contribution >= 0.6 is 0 Å². The minimum absolute atomic E-state index is 0.0948. The van der Waals surface area contributed by atoms with E-state index >= 15 is 0 Å². The Labute approximate surface area is 238 Å². The predicted octanol–water partition coefficient (Wildman–Crippen LogP) is 4.18. The lowest BCUT2D eigenvalue weighted by molar-refractivity contribution is -0.130. The molecular formula is C30H35N5O6. The third-order valence-corrected chi connectivity index (χ3v) is 6.12. The molecule has 216 valence electrons. The van der Waals surface area contributed by atoms with Crippen LogP contribution < -0.4 is 16.4 Å². The van der Waals surface area contributed by atoms with Crippen LogP contribution in [0, 0.1) is 5.41 Å². The van der Waals surface area contributed by atoms with Crippen molar-refractivity contribution in [1.29, 1.82) is 5.41 Å². The van der Waals surface area contributed by atoms with Gasteiger partial charge in [0.15, 0.2) is 5.96 Å². The van der Waals surface area contributed by atoms with E-state index in [0.29, 0.717) is 29.0 Å². The SMILES string of the molecule is CC(N[C@H](CCCNC(=N)N)C(=O)N(C(=O)OCc1ccccc1)C(=O)OCc1ccccc1)c1ccc(O)cc1. The highest BCUT2D eigenvalue weighted by molar-refractivity contribution is 6.08. The Balaban J connectivity index is 1.82. The van der Waals surface area contributed by atoms with E-state index in [2.05, 4.69) is 10.6 Å². The average molecular weight is 562 g/mol. The molecule has 0 aliphatic rings. The molecule has 11 nitrogen and oxygen atoms in total. The number of hydrogen-bond acceptors (Lipinski definition) is 8. The summed E-state index contributed by atoms with van der Waals surface area (Å²) in [5.74, 6) is -0.971. The maximum Gasteiger partial charge on any atom is 0.426 e. The summed E-state index contributed by atoms with van der Waals surface area (Å²) < 4.78 is 10.7. The first-order valence-corrected chi connectivity index (χ1v) is 13.1. The molecule has 3 amide bonds. The number of phenols is 1. The Kier molecular flexibility index (Phi) is 11.7. The van der Waals surface area contributed by atoms with Gasteiger partial charge in [-0.05, 0) is 48.6 Å². The lowest BCUT2D eigenvalue weighted by Gasteiger charge is -2.27. The highest BCUT2D eigenvalue weighted by Gasteiger charge is 2.37. The fourth-order valence-electron chi connectivity index (χ4n) is 3.95. The zero-order valence-electron chi connectivity index (χ0n) is 22.8. The predicted molar refractivity (Wildman–Crippen MR) is 153 cm³/mol. The van der Waals surface area contributed by atoms with Crippen LogP contribution in [-0.2, 0) is 27.5 Å².